The molecule has 0 fully saturated rings. The molecule has 1 heteroatoms. The Balaban J connectivity index is 2.44. The topological polar surface area (TPSA) is 14.1 Å². The number of fused-ring (bicyclic) bond motifs is 3. The van der Waals surface area contributed by atoms with Gasteiger partial charge in [-0.05, 0) is 68.5 Å². The minimum Gasteiger partial charge on any atom is -0.247 e. The predicted molar refractivity (Wildman–Crippen MR) is 77.0 cm³/mol. The van der Waals surface area contributed by atoms with Gasteiger partial charge in [0.25, 0.3) is 0 Å². The molecule has 91 valence electrons. The SMILES string of the molecule is Cc1cccc2c1-c1c(C)c(C)c(C)c(C)c1[N]2. The second-order valence-corrected chi connectivity index (χ2v) is 5.30. The molecule has 0 amide bonds. The highest BCUT2D eigenvalue weighted by Crippen LogP contribution is 2.49. The number of hydrogen-bond donors (Lipinski definition) is 0. The molecule has 2 aromatic carbocycles. The first-order valence-electron chi connectivity index (χ1n) is 6.44. The van der Waals surface area contributed by atoms with Gasteiger partial charge in [-0.15, -0.1) is 0 Å². The summed E-state index contributed by atoms with van der Waals surface area (Å²) in [6.07, 6.45) is 0. The molecule has 0 unspecified atom stereocenters. The van der Waals surface area contributed by atoms with Crippen LogP contribution in [0.25, 0.3) is 11.1 Å². The lowest BCUT2D eigenvalue weighted by atomic mass is 9.89. The number of nitrogens with zero attached hydrogens (tertiary/aromatic N) is 1. The molecule has 0 saturated heterocycles. The third-order valence-electron chi connectivity index (χ3n) is 4.39. The fourth-order valence-corrected chi connectivity index (χ4v) is 2.93. The zero-order chi connectivity index (χ0) is 13.0. The molecule has 2 aromatic rings. The van der Waals surface area contributed by atoms with Crippen molar-refractivity contribution in [2.45, 2.75) is 34.6 Å². The summed E-state index contributed by atoms with van der Waals surface area (Å²) in [5.74, 6) is 0. The zero-order valence-electron chi connectivity index (χ0n) is 11.7. The molecule has 18 heavy (non-hydrogen) atoms. The van der Waals surface area contributed by atoms with Gasteiger partial charge in [0.2, 0.25) is 0 Å². The average molecular weight is 236 g/mol. The van der Waals surface area contributed by atoms with Crippen molar-refractivity contribution >= 4 is 11.4 Å². The van der Waals surface area contributed by atoms with Gasteiger partial charge >= 0.3 is 0 Å². The lowest BCUT2D eigenvalue weighted by Gasteiger charge is -2.15. The lowest BCUT2D eigenvalue weighted by Crippen LogP contribution is -1.96. The Bertz CT molecular complexity index is 666. The monoisotopic (exact) mass is 236 g/mol. The highest BCUT2D eigenvalue weighted by molar-refractivity contribution is 5.96. The molecule has 0 spiro atoms. The van der Waals surface area contributed by atoms with Crippen molar-refractivity contribution in [2.24, 2.45) is 0 Å². The highest BCUT2D eigenvalue weighted by Gasteiger charge is 2.26. The molecule has 0 saturated carbocycles. The molecule has 3 rings (SSSR count). The van der Waals surface area contributed by atoms with Crippen molar-refractivity contribution < 1.29 is 0 Å². The van der Waals surface area contributed by atoms with Gasteiger partial charge in [-0.25, -0.2) is 5.32 Å². The number of hydrogen-bond acceptors (Lipinski definition) is 0. The van der Waals surface area contributed by atoms with Crippen LogP contribution in [0.1, 0.15) is 27.8 Å². The molecular weight excluding hydrogens is 218 g/mol. The number of aryl methyl sites for hydroxylation is 1. The molecule has 1 aliphatic heterocycles. The summed E-state index contributed by atoms with van der Waals surface area (Å²) in [5.41, 5.74) is 11.8. The molecule has 0 N–H and O–H groups in total. The maximum Gasteiger partial charge on any atom is 0.0751 e. The van der Waals surface area contributed by atoms with E-state index < -0.39 is 0 Å². The highest BCUT2D eigenvalue weighted by atomic mass is 14.9. The van der Waals surface area contributed by atoms with Gasteiger partial charge in [-0.2, -0.15) is 0 Å². The van der Waals surface area contributed by atoms with Gasteiger partial charge in [-0.3, -0.25) is 0 Å². The Hall–Kier alpha value is -1.76. The smallest absolute Gasteiger partial charge is 0.0751 e. The Morgan fingerprint density at radius 1 is 0.722 bits per heavy atom. The van der Waals surface area contributed by atoms with E-state index in [0.29, 0.717) is 0 Å². The van der Waals surface area contributed by atoms with Gasteiger partial charge in [0.15, 0.2) is 0 Å². The lowest BCUT2D eigenvalue weighted by molar-refractivity contribution is 1.15. The molecular formula is C17H18N. The number of benzene rings is 2. The van der Waals surface area contributed by atoms with E-state index in [9.17, 15) is 0 Å². The summed E-state index contributed by atoms with van der Waals surface area (Å²) in [6.45, 7) is 11.0. The summed E-state index contributed by atoms with van der Waals surface area (Å²) >= 11 is 0. The van der Waals surface area contributed by atoms with E-state index in [1.54, 1.807) is 0 Å². The van der Waals surface area contributed by atoms with Crippen LogP contribution in [-0.2, 0) is 0 Å². The van der Waals surface area contributed by atoms with E-state index in [4.69, 9.17) is 5.32 Å². The summed E-state index contributed by atoms with van der Waals surface area (Å²) in [7, 11) is 0. The van der Waals surface area contributed by atoms with E-state index in [2.05, 4.69) is 52.8 Å². The Morgan fingerprint density at radius 3 is 2.11 bits per heavy atom. The van der Waals surface area contributed by atoms with Crippen molar-refractivity contribution in [2.75, 3.05) is 0 Å². The third-order valence-corrected chi connectivity index (χ3v) is 4.39. The zero-order valence-corrected chi connectivity index (χ0v) is 11.7. The summed E-state index contributed by atoms with van der Waals surface area (Å²) in [4.78, 5) is 0. The van der Waals surface area contributed by atoms with Gasteiger partial charge in [0.05, 0.1) is 11.4 Å². The van der Waals surface area contributed by atoms with Crippen molar-refractivity contribution in [3.05, 3.63) is 46.0 Å². The summed E-state index contributed by atoms with van der Waals surface area (Å²) in [5, 5.41) is 4.84. The van der Waals surface area contributed by atoms with Crippen LogP contribution in [0.5, 0.6) is 0 Å². The van der Waals surface area contributed by atoms with Crippen LogP contribution in [0.3, 0.4) is 0 Å². The van der Waals surface area contributed by atoms with E-state index in [1.807, 2.05) is 0 Å². The summed E-state index contributed by atoms with van der Waals surface area (Å²) in [6, 6.07) is 6.38. The molecule has 1 aliphatic rings. The van der Waals surface area contributed by atoms with Crippen LogP contribution in [0, 0.1) is 34.6 Å². The predicted octanol–water partition coefficient (Wildman–Crippen LogP) is 4.78. The van der Waals surface area contributed by atoms with Crippen molar-refractivity contribution in [3.8, 4) is 11.1 Å². The van der Waals surface area contributed by atoms with Crippen LogP contribution in [-0.4, -0.2) is 0 Å². The minimum atomic E-state index is 1.13. The molecule has 0 aliphatic carbocycles. The second-order valence-electron chi connectivity index (χ2n) is 5.30. The Kier molecular flexibility index (Phi) is 2.28. The van der Waals surface area contributed by atoms with Crippen LogP contribution in [0.15, 0.2) is 18.2 Å². The maximum absolute atomic E-state index is 4.84. The van der Waals surface area contributed by atoms with E-state index >= 15 is 0 Å². The van der Waals surface area contributed by atoms with Crippen LogP contribution < -0.4 is 5.32 Å². The van der Waals surface area contributed by atoms with E-state index in [1.165, 1.54) is 44.6 Å². The maximum atomic E-state index is 4.84. The Morgan fingerprint density at radius 2 is 1.39 bits per heavy atom. The van der Waals surface area contributed by atoms with E-state index in [0.717, 1.165) is 5.69 Å². The minimum absolute atomic E-state index is 1.13. The largest absolute Gasteiger partial charge is 0.247 e. The van der Waals surface area contributed by atoms with E-state index in [-0.39, 0.29) is 0 Å². The third kappa shape index (κ3) is 1.28. The van der Waals surface area contributed by atoms with Crippen LogP contribution >= 0.6 is 0 Å². The first-order chi connectivity index (χ1) is 8.52. The molecule has 1 radical (unpaired) electrons. The second kappa shape index (κ2) is 3.61. The molecule has 0 atom stereocenters. The van der Waals surface area contributed by atoms with Crippen LogP contribution in [0.2, 0.25) is 0 Å². The fourth-order valence-electron chi connectivity index (χ4n) is 2.93. The van der Waals surface area contributed by atoms with Crippen molar-refractivity contribution in [1.82, 2.24) is 5.32 Å². The van der Waals surface area contributed by atoms with Gasteiger partial charge in [0.1, 0.15) is 0 Å². The number of rotatable bonds is 0. The summed E-state index contributed by atoms with van der Waals surface area (Å²) < 4.78 is 0. The normalized spacial score (nSPS) is 12.1. The molecule has 0 aromatic heterocycles. The first-order valence-corrected chi connectivity index (χ1v) is 6.44. The molecule has 1 heterocycles. The van der Waals surface area contributed by atoms with Gasteiger partial charge in [-0.1, -0.05) is 12.1 Å². The van der Waals surface area contributed by atoms with Gasteiger partial charge in [0, 0.05) is 11.1 Å². The molecule has 1 nitrogen and oxygen atoms in total. The van der Waals surface area contributed by atoms with Gasteiger partial charge < -0.3 is 0 Å². The van der Waals surface area contributed by atoms with Crippen molar-refractivity contribution in [1.29, 1.82) is 0 Å². The fraction of sp³-hybridized carbons (Fsp3) is 0.294. The average Bonchev–Trinajstić information content (AvgIpc) is 2.75. The van der Waals surface area contributed by atoms with Crippen LogP contribution in [0.4, 0.5) is 11.4 Å². The first kappa shape index (κ1) is 11.3. The molecule has 0 bridgehead atoms. The quantitative estimate of drug-likeness (QED) is 0.533. The standard InChI is InChI=1S/C17H18N/c1-9-7-6-8-14-15(9)16-12(4)10(2)11(3)13(5)17(16)18-14/h6-8H,1-5H3. The Labute approximate surface area is 109 Å². The van der Waals surface area contributed by atoms with Crippen molar-refractivity contribution in [3.63, 3.8) is 0 Å².